The summed E-state index contributed by atoms with van der Waals surface area (Å²) in [5.74, 6) is -2.26. The summed E-state index contributed by atoms with van der Waals surface area (Å²) in [6, 6.07) is 2.26. The third kappa shape index (κ3) is 4.67. The van der Waals surface area contributed by atoms with Crippen molar-refractivity contribution in [1.29, 1.82) is 0 Å². The largest absolute Gasteiger partial charge is 0.471 e. The molecule has 176 valence electrons. The van der Waals surface area contributed by atoms with Crippen molar-refractivity contribution in [2.75, 3.05) is 23.8 Å². The van der Waals surface area contributed by atoms with Crippen LogP contribution in [0.5, 0.6) is 11.5 Å². The quantitative estimate of drug-likeness (QED) is 0.571. The van der Waals surface area contributed by atoms with Crippen molar-refractivity contribution >= 4 is 46.4 Å². The molecule has 0 radical (unpaired) electrons. The molecule has 1 fully saturated rings. The Morgan fingerprint density at radius 2 is 1.94 bits per heavy atom. The molecule has 1 unspecified atom stereocenters. The fourth-order valence-electron chi connectivity index (χ4n) is 3.60. The molecule has 0 spiro atoms. The average Bonchev–Trinajstić information content (AvgIpc) is 2.76. The van der Waals surface area contributed by atoms with Crippen LogP contribution in [0.4, 0.5) is 20.2 Å². The predicted molar refractivity (Wildman–Crippen MR) is 113 cm³/mol. The molecule has 13 heteroatoms. The lowest BCUT2D eigenvalue weighted by Crippen LogP contribution is -2.57. The highest BCUT2D eigenvalue weighted by molar-refractivity contribution is 6.39. The van der Waals surface area contributed by atoms with Crippen LogP contribution < -0.4 is 20.1 Å². The Balaban J connectivity index is 1.72. The molecule has 1 atom stereocenters. The van der Waals surface area contributed by atoms with Crippen molar-refractivity contribution in [3.63, 3.8) is 0 Å². The number of fused-ring (bicyclic) bond motifs is 1. The van der Waals surface area contributed by atoms with Crippen LogP contribution in [0, 0.1) is 0 Å². The van der Waals surface area contributed by atoms with E-state index in [0.29, 0.717) is 0 Å². The van der Waals surface area contributed by atoms with Gasteiger partial charge in [0.1, 0.15) is 11.3 Å². The summed E-state index contributed by atoms with van der Waals surface area (Å²) in [5.41, 5.74) is -1.87. The van der Waals surface area contributed by atoms with E-state index >= 15 is 0 Å². The number of aliphatic hydroxyl groups is 1. The fraction of sp³-hybridized carbons (Fsp3) is 0.350. The Bertz CT molecular complexity index is 1080. The maximum Gasteiger partial charge on any atom is 0.387 e. The van der Waals surface area contributed by atoms with E-state index in [2.05, 4.69) is 20.4 Å². The number of halogens is 4. The van der Waals surface area contributed by atoms with Gasteiger partial charge in [-0.2, -0.15) is 8.78 Å². The molecule has 9 nitrogen and oxygen atoms in total. The normalized spacial score (nSPS) is 19.3. The molecule has 1 aromatic carbocycles. The molecule has 0 saturated carbocycles. The van der Waals surface area contributed by atoms with E-state index in [-0.39, 0.29) is 58.8 Å². The van der Waals surface area contributed by atoms with Gasteiger partial charge in [-0.05, 0) is 12.1 Å². The van der Waals surface area contributed by atoms with Gasteiger partial charge in [0.2, 0.25) is 6.10 Å². The van der Waals surface area contributed by atoms with E-state index in [0.717, 1.165) is 6.07 Å². The van der Waals surface area contributed by atoms with Crippen LogP contribution >= 0.6 is 23.2 Å². The molecule has 2 aliphatic rings. The van der Waals surface area contributed by atoms with Crippen LogP contribution in [0.1, 0.15) is 23.2 Å². The highest BCUT2D eigenvalue weighted by atomic mass is 35.5. The summed E-state index contributed by atoms with van der Waals surface area (Å²) in [6.07, 6.45) is 1.27. The van der Waals surface area contributed by atoms with Crippen LogP contribution in [0.2, 0.25) is 10.0 Å². The zero-order chi connectivity index (χ0) is 23.8. The van der Waals surface area contributed by atoms with Crippen LogP contribution in [-0.2, 0) is 9.53 Å². The van der Waals surface area contributed by atoms with Crippen LogP contribution in [-0.4, -0.2) is 53.4 Å². The predicted octanol–water partition coefficient (Wildman–Crippen LogP) is 3.48. The van der Waals surface area contributed by atoms with E-state index in [9.17, 15) is 23.5 Å². The van der Waals surface area contributed by atoms with Gasteiger partial charge in [-0.15, -0.1) is 0 Å². The lowest BCUT2D eigenvalue weighted by molar-refractivity contribution is -0.152. The van der Waals surface area contributed by atoms with Gasteiger partial charge < -0.3 is 30.0 Å². The van der Waals surface area contributed by atoms with E-state index in [1.54, 1.807) is 0 Å². The SMILES string of the molecule is O=C(Nc1c(Cl)cncc1Cl)c1ccc(OC(F)F)c2c1NC(=O)C(C1(O)CCOCC1)O2. The summed E-state index contributed by atoms with van der Waals surface area (Å²) >= 11 is 12.1. The monoisotopic (exact) mass is 503 g/mol. The molecule has 2 amide bonds. The Morgan fingerprint density at radius 1 is 1.27 bits per heavy atom. The molecule has 3 N–H and O–H groups in total. The second kappa shape index (κ2) is 9.26. The highest BCUT2D eigenvalue weighted by Crippen LogP contribution is 2.45. The number of rotatable bonds is 5. The van der Waals surface area contributed by atoms with Gasteiger partial charge in [-0.25, -0.2) is 0 Å². The minimum Gasteiger partial charge on any atom is -0.471 e. The van der Waals surface area contributed by atoms with Gasteiger partial charge in [0, 0.05) is 38.4 Å². The molecule has 1 aromatic heterocycles. The average molecular weight is 504 g/mol. The first-order valence-electron chi connectivity index (χ1n) is 9.69. The second-order valence-electron chi connectivity index (χ2n) is 7.33. The molecule has 1 saturated heterocycles. The van der Waals surface area contributed by atoms with E-state index in [1.165, 1.54) is 18.5 Å². The van der Waals surface area contributed by atoms with E-state index < -0.39 is 35.9 Å². The van der Waals surface area contributed by atoms with Crippen LogP contribution in [0.25, 0.3) is 0 Å². The maximum absolute atomic E-state index is 13.0. The third-order valence-electron chi connectivity index (χ3n) is 5.24. The van der Waals surface area contributed by atoms with Crippen molar-refractivity contribution in [1.82, 2.24) is 4.98 Å². The van der Waals surface area contributed by atoms with Gasteiger partial charge >= 0.3 is 6.61 Å². The Hall–Kier alpha value is -2.73. The Labute approximate surface area is 195 Å². The Morgan fingerprint density at radius 3 is 2.58 bits per heavy atom. The van der Waals surface area contributed by atoms with Gasteiger partial charge in [0.15, 0.2) is 11.5 Å². The number of hydrogen-bond acceptors (Lipinski definition) is 7. The highest BCUT2D eigenvalue weighted by Gasteiger charge is 2.48. The second-order valence-corrected chi connectivity index (χ2v) is 8.14. The lowest BCUT2D eigenvalue weighted by atomic mass is 9.86. The molecule has 2 aromatic rings. The van der Waals surface area contributed by atoms with Crippen molar-refractivity contribution in [3.05, 3.63) is 40.1 Å². The summed E-state index contributed by atoms with van der Waals surface area (Å²) in [6.45, 7) is -2.83. The number of carbonyl (C=O) groups is 2. The first-order valence-corrected chi connectivity index (χ1v) is 10.4. The molecule has 0 aliphatic carbocycles. The summed E-state index contributed by atoms with van der Waals surface area (Å²) in [5, 5.41) is 16.0. The molecular weight excluding hydrogens is 487 g/mol. The van der Waals surface area contributed by atoms with Crippen molar-refractivity contribution in [3.8, 4) is 11.5 Å². The van der Waals surface area contributed by atoms with Crippen molar-refractivity contribution in [2.45, 2.75) is 31.2 Å². The Kier molecular flexibility index (Phi) is 6.57. The number of aromatic nitrogens is 1. The number of hydrogen-bond donors (Lipinski definition) is 3. The number of amides is 2. The van der Waals surface area contributed by atoms with E-state index in [4.69, 9.17) is 32.7 Å². The first kappa shape index (κ1) is 23.4. The number of anilines is 2. The number of alkyl halides is 2. The molecule has 33 heavy (non-hydrogen) atoms. The summed E-state index contributed by atoms with van der Waals surface area (Å²) < 4.78 is 41.4. The summed E-state index contributed by atoms with van der Waals surface area (Å²) in [7, 11) is 0. The number of pyridine rings is 1. The molecular formula is C20H17Cl2F2N3O6. The number of benzene rings is 1. The number of carbonyl (C=O) groups excluding carboxylic acids is 2. The van der Waals surface area contributed by atoms with Crippen molar-refractivity contribution in [2.24, 2.45) is 0 Å². The van der Waals surface area contributed by atoms with Crippen LogP contribution in [0.3, 0.4) is 0 Å². The minimum absolute atomic E-state index is 0.0597. The summed E-state index contributed by atoms with van der Waals surface area (Å²) in [4.78, 5) is 29.6. The first-order chi connectivity index (χ1) is 15.7. The molecule has 0 bridgehead atoms. The zero-order valence-corrected chi connectivity index (χ0v) is 18.3. The number of nitrogens with one attached hydrogen (secondary N) is 2. The maximum atomic E-state index is 13.0. The molecule has 3 heterocycles. The smallest absolute Gasteiger partial charge is 0.387 e. The van der Waals surface area contributed by atoms with Crippen molar-refractivity contribution < 1.29 is 37.7 Å². The third-order valence-corrected chi connectivity index (χ3v) is 5.82. The topological polar surface area (TPSA) is 119 Å². The minimum atomic E-state index is -3.20. The zero-order valence-electron chi connectivity index (χ0n) is 16.7. The van der Waals surface area contributed by atoms with Crippen LogP contribution in [0.15, 0.2) is 24.5 Å². The molecule has 4 rings (SSSR count). The number of nitrogens with zero attached hydrogens (tertiary/aromatic N) is 1. The van der Waals surface area contributed by atoms with E-state index in [1.807, 2.05) is 0 Å². The van der Waals surface area contributed by atoms with Gasteiger partial charge in [0.05, 0.1) is 21.3 Å². The van der Waals surface area contributed by atoms with Gasteiger partial charge in [-0.1, -0.05) is 23.2 Å². The number of ether oxygens (including phenoxy) is 3. The van der Waals surface area contributed by atoms with Gasteiger partial charge in [0.25, 0.3) is 11.8 Å². The van der Waals surface area contributed by atoms with Gasteiger partial charge in [-0.3, -0.25) is 14.6 Å². The lowest BCUT2D eigenvalue weighted by Gasteiger charge is -2.40. The standard InChI is InChI=1S/C20H17Cl2F2N3O6/c21-10-7-25-8-11(22)14(10)27-17(28)9-1-2-12(32-19(23)24)15-13(9)26-18(29)16(33-15)20(30)3-5-31-6-4-20/h1-2,7-8,16,19,30H,3-6H2,(H,26,29)(H,25,27,28). The fourth-order valence-corrected chi connectivity index (χ4v) is 4.05. The molecule has 2 aliphatic heterocycles.